The van der Waals surface area contributed by atoms with E-state index in [2.05, 4.69) is 4.72 Å². The molecular formula is C6H11F3N2O2S. The van der Waals surface area contributed by atoms with Crippen LogP contribution in [0, 0.1) is 0 Å². The van der Waals surface area contributed by atoms with Crippen molar-refractivity contribution in [3.8, 4) is 0 Å². The Morgan fingerprint density at radius 3 is 2.50 bits per heavy atom. The van der Waals surface area contributed by atoms with E-state index < -0.39 is 15.5 Å². The molecule has 1 fully saturated rings. The van der Waals surface area contributed by atoms with Crippen LogP contribution in [0.25, 0.3) is 4.72 Å². The second kappa shape index (κ2) is 4.03. The molecule has 1 heterocycles. The standard InChI is InChI=1S/C6H10F3N2O2S/c7-6(8,9)14(12,13)11-4-5-2-1-3-10-5/h5,10H,1-4H2/q-1/p+1/t5-/m0/s1. The number of quaternary nitrogens is 1. The van der Waals surface area contributed by atoms with Crippen LogP contribution in [0.3, 0.4) is 0 Å². The van der Waals surface area contributed by atoms with Gasteiger partial charge in [0.2, 0.25) is 0 Å². The molecule has 0 aromatic rings. The van der Waals surface area contributed by atoms with Crippen molar-refractivity contribution in [2.24, 2.45) is 0 Å². The predicted octanol–water partition coefficient (Wildman–Crippen LogP) is -0.0645. The quantitative estimate of drug-likeness (QED) is 0.740. The van der Waals surface area contributed by atoms with Crippen LogP contribution in [0.15, 0.2) is 0 Å². The van der Waals surface area contributed by atoms with Crippen molar-refractivity contribution in [1.82, 2.24) is 0 Å². The number of hydrogen-bond donors (Lipinski definition) is 1. The molecule has 1 rings (SSSR count). The lowest BCUT2D eigenvalue weighted by Gasteiger charge is -2.23. The van der Waals surface area contributed by atoms with Gasteiger partial charge in [-0.3, -0.25) is 0 Å². The van der Waals surface area contributed by atoms with E-state index in [1.807, 2.05) is 5.32 Å². The highest BCUT2D eigenvalue weighted by atomic mass is 32.2. The lowest BCUT2D eigenvalue weighted by molar-refractivity contribution is -0.666. The first-order valence-corrected chi connectivity index (χ1v) is 5.60. The van der Waals surface area contributed by atoms with Crippen molar-refractivity contribution < 1.29 is 26.9 Å². The number of halogens is 3. The highest BCUT2D eigenvalue weighted by Gasteiger charge is 2.38. The molecule has 0 aliphatic carbocycles. The topological polar surface area (TPSA) is 64.8 Å². The maximum absolute atomic E-state index is 11.8. The van der Waals surface area contributed by atoms with Crippen LogP contribution in [-0.4, -0.2) is 33.1 Å². The summed E-state index contributed by atoms with van der Waals surface area (Å²) in [7, 11) is -5.28. The van der Waals surface area contributed by atoms with Gasteiger partial charge in [0.1, 0.15) is 0 Å². The summed E-state index contributed by atoms with van der Waals surface area (Å²) in [5, 5.41) is 1.81. The van der Waals surface area contributed by atoms with Crippen molar-refractivity contribution in [1.29, 1.82) is 0 Å². The summed E-state index contributed by atoms with van der Waals surface area (Å²) < 4.78 is 59.2. The minimum absolute atomic E-state index is 0.118. The monoisotopic (exact) mass is 232 g/mol. The van der Waals surface area contributed by atoms with Crippen LogP contribution in [0.2, 0.25) is 0 Å². The van der Waals surface area contributed by atoms with E-state index in [0.717, 1.165) is 19.4 Å². The van der Waals surface area contributed by atoms with Crippen molar-refractivity contribution in [3.05, 3.63) is 4.72 Å². The molecule has 2 N–H and O–H groups in total. The summed E-state index contributed by atoms with van der Waals surface area (Å²) in [4.78, 5) is 0. The van der Waals surface area contributed by atoms with Gasteiger partial charge >= 0.3 is 5.51 Å². The molecule has 4 nitrogen and oxygen atoms in total. The second-order valence-corrected chi connectivity index (χ2v) is 4.83. The van der Waals surface area contributed by atoms with Crippen LogP contribution >= 0.6 is 0 Å². The number of rotatable bonds is 3. The van der Waals surface area contributed by atoms with Crippen LogP contribution < -0.4 is 5.32 Å². The highest BCUT2D eigenvalue weighted by Crippen LogP contribution is 2.27. The summed E-state index contributed by atoms with van der Waals surface area (Å²) in [5.41, 5.74) is -5.26. The zero-order chi connectivity index (χ0) is 10.8. The lowest BCUT2D eigenvalue weighted by atomic mass is 10.2. The van der Waals surface area contributed by atoms with Crippen molar-refractivity contribution in [3.63, 3.8) is 0 Å². The molecule has 14 heavy (non-hydrogen) atoms. The Balaban J connectivity index is 2.44. The minimum atomic E-state index is -5.28. The summed E-state index contributed by atoms with van der Waals surface area (Å²) in [6.07, 6.45) is 1.61. The van der Waals surface area contributed by atoms with E-state index >= 15 is 0 Å². The molecule has 8 heteroatoms. The summed E-state index contributed by atoms with van der Waals surface area (Å²) >= 11 is 0. The van der Waals surface area contributed by atoms with Gasteiger partial charge in [0.05, 0.1) is 12.6 Å². The molecule has 0 amide bonds. The molecule has 1 saturated heterocycles. The van der Waals surface area contributed by atoms with E-state index in [9.17, 15) is 21.6 Å². The van der Waals surface area contributed by atoms with Gasteiger partial charge in [0, 0.05) is 12.8 Å². The van der Waals surface area contributed by atoms with Gasteiger partial charge in [-0.2, -0.15) is 13.2 Å². The number of hydrogen-bond acceptors (Lipinski definition) is 2. The molecule has 84 valence electrons. The molecule has 0 aromatic carbocycles. The van der Waals surface area contributed by atoms with E-state index in [0.29, 0.717) is 0 Å². The summed E-state index contributed by atoms with van der Waals surface area (Å²) in [5.74, 6) is 0. The Bertz CT molecular complexity index is 282. The van der Waals surface area contributed by atoms with Gasteiger partial charge in [-0.25, -0.2) is 8.42 Å². The largest absolute Gasteiger partial charge is 0.536 e. The molecule has 0 bridgehead atoms. The third-order valence-corrected chi connectivity index (χ3v) is 3.12. The Kier molecular flexibility index (Phi) is 3.38. The molecule has 0 unspecified atom stereocenters. The van der Waals surface area contributed by atoms with Crippen molar-refractivity contribution >= 4 is 10.0 Å². The van der Waals surface area contributed by atoms with Crippen molar-refractivity contribution in [2.75, 3.05) is 13.1 Å². The minimum Gasteiger partial charge on any atom is -0.536 e. The fourth-order valence-corrected chi connectivity index (χ4v) is 1.82. The number of nitrogens with two attached hydrogens (primary N) is 1. The maximum atomic E-state index is 11.8. The maximum Gasteiger partial charge on any atom is 0.480 e. The zero-order valence-corrected chi connectivity index (χ0v) is 8.11. The van der Waals surface area contributed by atoms with E-state index in [-0.39, 0.29) is 12.6 Å². The smallest absolute Gasteiger partial charge is 0.480 e. The third-order valence-electron chi connectivity index (χ3n) is 2.05. The molecule has 1 aliphatic heterocycles. The number of nitrogens with zero attached hydrogens (tertiary/aromatic N) is 1. The normalized spacial score (nSPS) is 24.1. The molecule has 1 aliphatic rings. The second-order valence-electron chi connectivity index (χ2n) is 3.16. The Hall–Kier alpha value is -0.340. The fourth-order valence-electron chi connectivity index (χ4n) is 1.28. The SMILES string of the molecule is O=S(=O)([N-]C[C@@H]1CCC[NH2+]1)C(F)(F)F. The van der Waals surface area contributed by atoms with Crippen LogP contribution in [0.1, 0.15) is 12.8 Å². The average molecular weight is 232 g/mol. The van der Waals surface area contributed by atoms with Gasteiger partial charge in [-0.15, -0.1) is 0 Å². The van der Waals surface area contributed by atoms with E-state index in [1.54, 1.807) is 0 Å². The number of sulfonamides is 1. The summed E-state index contributed by atoms with van der Waals surface area (Å²) in [6, 6.07) is -0.118. The first-order chi connectivity index (χ1) is 6.33. The predicted molar refractivity (Wildman–Crippen MR) is 43.0 cm³/mol. The third kappa shape index (κ3) is 2.82. The number of alkyl halides is 3. The van der Waals surface area contributed by atoms with Crippen LogP contribution in [-0.2, 0) is 10.0 Å². The van der Waals surface area contributed by atoms with Gasteiger partial charge in [-0.1, -0.05) is 6.54 Å². The molecule has 0 aromatic heterocycles. The van der Waals surface area contributed by atoms with Gasteiger partial charge in [-0.05, 0) is 0 Å². The Morgan fingerprint density at radius 1 is 1.43 bits per heavy atom. The van der Waals surface area contributed by atoms with Gasteiger partial charge in [0.15, 0.2) is 10.0 Å². The zero-order valence-electron chi connectivity index (χ0n) is 7.29. The van der Waals surface area contributed by atoms with Gasteiger partial charge in [0.25, 0.3) is 0 Å². The van der Waals surface area contributed by atoms with E-state index in [1.165, 1.54) is 0 Å². The van der Waals surface area contributed by atoms with Gasteiger partial charge < -0.3 is 10.0 Å². The van der Waals surface area contributed by atoms with E-state index in [4.69, 9.17) is 0 Å². The van der Waals surface area contributed by atoms with Crippen molar-refractivity contribution in [2.45, 2.75) is 24.4 Å². The lowest BCUT2D eigenvalue weighted by Crippen LogP contribution is -2.87. The molecule has 0 saturated carbocycles. The van der Waals surface area contributed by atoms with Crippen LogP contribution in [0.4, 0.5) is 13.2 Å². The average Bonchev–Trinajstić information content (AvgIpc) is 2.50. The molecule has 0 radical (unpaired) electrons. The molecule has 1 atom stereocenters. The summed E-state index contributed by atoms with van der Waals surface area (Å²) in [6.45, 7) is 0.550. The highest BCUT2D eigenvalue weighted by molar-refractivity contribution is 7.94. The molecule has 0 spiro atoms. The first kappa shape index (κ1) is 11.7. The fraction of sp³-hybridized carbons (Fsp3) is 1.00. The molecular weight excluding hydrogens is 221 g/mol. The van der Waals surface area contributed by atoms with Crippen LogP contribution in [0.5, 0.6) is 0 Å². The first-order valence-electron chi connectivity index (χ1n) is 4.16. The Labute approximate surface area is 79.9 Å². The Morgan fingerprint density at radius 2 is 2.07 bits per heavy atom.